The highest BCUT2D eigenvalue weighted by atomic mass is 127. The van der Waals surface area contributed by atoms with Crippen LogP contribution in [0, 0.1) is 3.57 Å². The molecule has 114 valence electrons. The first kappa shape index (κ1) is 16.0. The summed E-state index contributed by atoms with van der Waals surface area (Å²) in [5.41, 5.74) is 7.95. The van der Waals surface area contributed by atoms with Crippen molar-refractivity contribution in [1.82, 2.24) is 9.55 Å². The van der Waals surface area contributed by atoms with Gasteiger partial charge in [-0.2, -0.15) is 4.98 Å². The average molecular weight is 407 g/mol. The maximum absolute atomic E-state index is 11.6. The number of azide groups is 1. The van der Waals surface area contributed by atoms with Crippen LogP contribution in [0.2, 0.25) is 0 Å². The molecule has 1 aliphatic rings. The van der Waals surface area contributed by atoms with Crippen LogP contribution in [0.5, 0.6) is 6.01 Å². The Morgan fingerprint density at radius 3 is 3.19 bits per heavy atom. The van der Waals surface area contributed by atoms with Gasteiger partial charge in [0.15, 0.2) is 0 Å². The van der Waals surface area contributed by atoms with Gasteiger partial charge in [0.2, 0.25) is 0 Å². The molecule has 0 bridgehead atoms. The van der Waals surface area contributed by atoms with Gasteiger partial charge in [0.1, 0.15) is 6.23 Å². The molecule has 1 fully saturated rings. The summed E-state index contributed by atoms with van der Waals surface area (Å²) in [7, 11) is 0. The summed E-state index contributed by atoms with van der Waals surface area (Å²) in [6.07, 6.45) is 0.00663. The summed E-state index contributed by atoms with van der Waals surface area (Å²) in [4.78, 5) is 18.1. The van der Waals surface area contributed by atoms with Crippen molar-refractivity contribution < 1.29 is 14.6 Å². The lowest BCUT2D eigenvalue weighted by molar-refractivity contribution is -0.0174. The molecule has 3 atom stereocenters. The van der Waals surface area contributed by atoms with E-state index in [0.29, 0.717) is 16.6 Å². The lowest BCUT2D eigenvalue weighted by atomic mass is 10.2. The van der Waals surface area contributed by atoms with Crippen molar-refractivity contribution >= 4 is 22.6 Å². The van der Waals surface area contributed by atoms with Crippen LogP contribution < -0.4 is 10.3 Å². The maximum atomic E-state index is 11.6. The van der Waals surface area contributed by atoms with Gasteiger partial charge in [-0.3, -0.25) is 9.36 Å². The number of hydrogen-bond donors (Lipinski definition) is 1. The summed E-state index contributed by atoms with van der Waals surface area (Å²) < 4.78 is 13.0. The van der Waals surface area contributed by atoms with Crippen molar-refractivity contribution in [2.45, 2.75) is 31.8 Å². The summed E-state index contributed by atoms with van der Waals surface area (Å²) in [6, 6.07) is 0.143. The Labute approximate surface area is 133 Å². The van der Waals surface area contributed by atoms with Crippen molar-refractivity contribution in [3.05, 3.63) is 30.6 Å². The topological polar surface area (TPSA) is 122 Å². The molecule has 2 heterocycles. The number of aromatic nitrogens is 2. The molecule has 1 aliphatic heterocycles. The third kappa shape index (κ3) is 3.64. The van der Waals surface area contributed by atoms with Gasteiger partial charge in [-0.15, -0.1) is 0 Å². The van der Waals surface area contributed by atoms with Gasteiger partial charge in [-0.25, -0.2) is 0 Å². The standard InChI is InChI=1S/C11H14IN5O4/c1-2-20-11-15-10(19)6(12)5-17(11)9-3-7(18)8(21-9)4-14-16-13/h5,7-9,18H,2-4H2,1H3/t7-,8+,9-/m0/s1. The monoisotopic (exact) mass is 407 g/mol. The molecular formula is C11H14IN5O4. The highest BCUT2D eigenvalue weighted by Crippen LogP contribution is 2.31. The number of ether oxygens (including phenoxy) is 2. The van der Waals surface area contributed by atoms with Crippen molar-refractivity contribution in [1.29, 1.82) is 0 Å². The lowest BCUT2D eigenvalue weighted by Crippen LogP contribution is -2.24. The molecule has 0 aliphatic carbocycles. The summed E-state index contributed by atoms with van der Waals surface area (Å²) in [6.45, 7) is 2.18. The minimum absolute atomic E-state index is 0.0445. The van der Waals surface area contributed by atoms with Crippen LogP contribution in [0.25, 0.3) is 10.4 Å². The van der Waals surface area contributed by atoms with E-state index in [-0.39, 0.29) is 18.1 Å². The molecule has 0 saturated carbocycles. The fraction of sp³-hybridized carbons (Fsp3) is 0.636. The second-order valence-electron chi connectivity index (χ2n) is 4.36. The van der Waals surface area contributed by atoms with Gasteiger partial charge < -0.3 is 14.6 Å². The number of hydrogen-bond acceptors (Lipinski definition) is 6. The third-order valence-corrected chi connectivity index (χ3v) is 3.73. The first-order valence-electron chi connectivity index (χ1n) is 6.32. The van der Waals surface area contributed by atoms with Gasteiger partial charge in [-0.1, -0.05) is 5.11 Å². The zero-order valence-electron chi connectivity index (χ0n) is 11.2. The zero-order chi connectivity index (χ0) is 15.4. The smallest absolute Gasteiger partial charge is 0.301 e. The number of nitrogens with zero attached hydrogens (tertiary/aromatic N) is 5. The molecule has 2 rings (SSSR count). The summed E-state index contributed by atoms with van der Waals surface area (Å²) >= 11 is 1.88. The van der Waals surface area contributed by atoms with Gasteiger partial charge in [0.25, 0.3) is 5.56 Å². The van der Waals surface area contributed by atoms with Crippen molar-refractivity contribution in [2.75, 3.05) is 13.2 Å². The highest BCUT2D eigenvalue weighted by Gasteiger charge is 2.35. The van der Waals surface area contributed by atoms with E-state index in [1.165, 1.54) is 0 Å². The van der Waals surface area contributed by atoms with Crippen LogP contribution in [0.15, 0.2) is 16.1 Å². The molecule has 10 heteroatoms. The summed E-state index contributed by atoms with van der Waals surface area (Å²) in [5.74, 6) is 0. The van der Waals surface area contributed by atoms with E-state index >= 15 is 0 Å². The van der Waals surface area contributed by atoms with Crippen molar-refractivity contribution in [3.63, 3.8) is 0 Å². The van der Waals surface area contributed by atoms with E-state index < -0.39 is 18.4 Å². The first-order chi connectivity index (χ1) is 10.1. The van der Waals surface area contributed by atoms with E-state index in [0.717, 1.165) is 0 Å². The molecule has 9 nitrogen and oxygen atoms in total. The molecule has 0 spiro atoms. The molecule has 1 aromatic heterocycles. The van der Waals surface area contributed by atoms with E-state index in [1.54, 1.807) is 17.7 Å². The van der Waals surface area contributed by atoms with Crippen molar-refractivity contribution in [3.8, 4) is 6.01 Å². The van der Waals surface area contributed by atoms with Gasteiger partial charge >= 0.3 is 6.01 Å². The average Bonchev–Trinajstić information content (AvgIpc) is 2.81. The Balaban J connectivity index is 2.27. The van der Waals surface area contributed by atoms with E-state index in [4.69, 9.17) is 15.0 Å². The Morgan fingerprint density at radius 2 is 2.52 bits per heavy atom. The van der Waals surface area contributed by atoms with E-state index in [2.05, 4.69) is 15.0 Å². The molecule has 0 amide bonds. The Hall–Kier alpha value is -1.36. The molecule has 21 heavy (non-hydrogen) atoms. The molecule has 0 radical (unpaired) electrons. The second-order valence-corrected chi connectivity index (χ2v) is 5.52. The van der Waals surface area contributed by atoms with Crippen LogP contribution in [0.1, 0.15) is 19.6 Å². The number of aliphatic hydroxyl groups is 1. The predicted octanol–water partition coefficient (Wildman–Crippen LogP) is 1.21. The second kappa shape index (κ2) is 7.07. The first-order valence-corrected chi connectivity index (χ1v) is 7.40. The molecule has 0 aromatic carbocycles. The van der Waals surface area contributed by atoms with Gasteiger partial charge in [0.05, 0.1) is 28.9 Å². The fourth-order valence-corrected chi connectivity index (χ4v) is 2.46. The third-order valence-electron chi connectivity index (χ3n) is 2.99. The minimum Gasteiger partial charge on any atom is -0.465 e. The Morgan fingerprint density at radius 1 is 1.76 bits per heavy atom. The van der Waals surface area contributed by atoms with Crippen LogP contribution in [0.3, 0.4) is 0 Å². The maximum Gasteiger partial charge on any atom is 0.301 e. The van der Waals surface area contributed by atoms with Crippen LogP contribution >= 0.6 is 22.6 Å². The molecule has 1 N–H and O–H groups in total. The molecule has 0 unspecified atom stereocenters. The van der Waals surface area contributed by atoms with E-state index in [9.17, 15) is 9.90 Å². The van der Waals surface area contributed by atoms with Crippen LogP contribution in [0.4, 0.5) is 0 Å². The Bertz CT molecular complexity index is 615. The Kier molecular flexibility index (Phi) is 5.39. The van der Waals surface area contributed by atoms with Gasteiger partial charge in [0, 0.05) is 17.5 Å². The van der Waals surface area contributed by atoms with Crippen molar-refractivity contribution in [2.24, 2.45) is 5.11 Å². The molecular weight excluding hydrogens is 393 g/mol. The molecule has 1 saturated heterocycles. The predicted molar refractivity (Wildman–Crippen MR) is 80.9 cm³/mol. The zero-order valence-corrected chi connectivity index (χ0v) is 13.4. The fourth-order valence-electron chi connectivity index (χ4n) is 2.04. The number of rotatable bonds is 5. The summed E-state index contributed by atoms with van der Waals surface area (Å²) in [5, 5.41) is 13.4. The number of aliphatic hydroxyl groups excluding tert-OH is 1. The normalized spacial score (nSPS) is 24.6. The van der Waals surface area contributed by atoms with E-state index in [1.807, 2.05) is 22.6 Å². The minimum atomic E-state index is -0.757. The van der Waals surface area contributed by atoms with Crippen LogP contribution in [-0.2, 0) is 4.74 Å². The highest BCUT2D eigenvalue weighted by molar-refractivity contribution is 14.1. The largest absolute Gasteiger partial charge is 0.465 e. The number of halogens is 1. The lowest BCUT2D eigenvalue weighted by Gasteiger charge is -2.18. The van der Waals surface area contributed by atoms with Crippen LogP contribution in [-0.4, -0.2) is 40.0 Å². The quantitative estimate of drug-likeness (QED) is 0.340. The SMILES string of the molecule is CCOc1nc(=O)c(I)cn1[C@@H]1C[C@H](O)[C@@H](CN=[N+]=[N-])O1. The van der Waals surface area contributed by atoms with Gasteiger partial charge in [-0.05, 0) is 35.0 Å². The molecule has 1 aromatic rings.